The second kappa shape index (κ2) is 8.67. The molecule has 1 N–H and O–H groups in total. The molecule has 2 aromatic heterocycles. The molecular formula is C24H25N5OS2. The maximum Gasteiger partial charge on any atom is 0.257 e. The molecule has 3 aromatic rings. The Morgan fingerprint density at radius 2 is 2.03 bits per heavy atom. The fraction of sp³-hybridized carbons (Fsp3) is 0.333. The smallest absolute Gasteiger partial charge is 0.257 e. The normalized spacial score (nSPS) is 22.5. The van der Waals surface area contributed by atoms with E-state index in [9.17, 15) is 4.79 Å². The van der Waals surface area contributed by atoms with Gasteiger partial charge in [0, 0.05) is 40.5 Å². The molecular weight excluding hydrogens is 438 g/mol. The van der Waals surface area contributed by atoms with Crippen molar-refractivity contribution in [3.8, 4) is 0 Å². The van der Waals surface area contributed by atoms with Crippen LogP contribution in [0.3, 0.4) is 0 Å². The zero-order valence-electron chi connectivity index (χ0n) is 18.1. The SMILES string of the molecule is CC(C)c1ccnc(N2C[C@H]3CSC(NC(=O)c4ccccc4)=N[C@@]3(c3cccs3)C2)n1. The number of hydrogen-bond acceptors (Lipinski definition) is 7. The van der Waals surface area contributed by atoms with E-state index in [0.717, 1.165) is 23.9 Å². The first-order valence-corrected chi connectivity index (χ1v) is 12.6. The minimum absolute atomic E-state index is 0.126. The average Bonchev–Trinajstić information content (AvgIpc) is 3.48. The van der Waals surface area contributed by atoms with Crippen molar-refractivity contribution in [3.63, 3.8) is 0 Å². The lowest BCUT2D eigenvalue weighted by Crippen LogP contribution is -2.42. The molecule has 6 nitrogen and oxygen atoms in total. The molecule has 0 spiro atoms. The Hall–Kier alpha value is -2.71. The van der Waals surface area contributed by atoms with Crippen molar-refractivity contribution in [3.05, 3.63) is 76.2 Å². The third-order valence-corrected chi connectivity index (χ3v) is 8.09. The lowest BCUT2D eigenvalue weighted by molar-refractivity contribution is 0.0977. The quantitative estimate of drug-likeness (QED) is 0.616. The molecule has 0 saturated carbocycles. The summed E-state index contributed by atoms with van der Waals surface area (Å²) in [7, 11) is 0. The molecule has 164 valence electrons. The van der Waals surface area contributed by atoms with Crippen LogP contribution in [0.5, 0.6) is 0 Å². The van der Waals surface area contributed by atoms with Gasteiger partial charge in [-0.05, 0) is 35.6 Å². The number of nitrogens with zero attached hydrogens (tertiary/aromatic N) is 4. The Kier molecular flexibility index (Phi) is 5.73. The molecule has 1 aromatic carbocycles. The van der Waals surface area contributed by atoms with Crippen LogP contribution in [0.2, 0.25) is 0 Å². The van der Waals surface area contributed by atoms with Crippen LogP contribution in [-0.4, -0.2) is 39.9 Å². The first-order valence-electron chi connectivity index (χ1n) is 10.8. The van der Waals surface area contributed by atoms with Gasteiger partial charge in [0.2, 0.25) is 5.95 Å². The summed E-state index contributed by atoms with van der Waals surface area (Å²) in [6.07, 6.45) is 1.85. The van der Waals surface area contributed by atoms with Crippen molar-refractivity contribution in [2.24, 2.45) is 10.9 Å². The number of anilines is 1. The van der Waals surface area contributed by atoms with E-state index in [2.05, 4.69) is 46.6 Å². The lowest BCUT2D eigenvalue weighted by Gasteiger charge is -2.34. The minimum atomic E-state index is -0.407. The molecule has 8 heteroatoms. The molecule has 2 atom stereocenters. The molecule has 0 aliphatic carbocycles. The van der Waals surface area contributed by atoms with Crippen LogP contribution in [0.15, 0.2) is 65.1 Å². The summed E-state index contributed by atoms with van der Waals surface area (Å²) in [5.41, 5.74) is 1.27. The van der Waals surface area contributed by atoms with Gasteiger partial charge in [-0.1, -0.05) is 49.9 Å². The van der Waals surface area contributed by atoms with Gasteiger partial charge in [0.25, 0.3) is 5.91 Å². The summed E-state index contributed by atoms with van der Waals surface area (Å²) in [6, 6.07) is 15.5. The summed E-state index contributed by atoms with van der Waals surface area (Å²) >= 11 is 3.34. The van der Waals surface area contributed by atoms with E-state index < -0.39 is 5.54 Å². The first-order chi connectivity index (χ1) is 15.5. The van der Waals surface area contributed by atoms with E-state index in [-0.39, 0.29) is 5.91 Å². The van der Waals surface area contributed by atoms with Crippen molar-refractivity contribution in [1.29, 1.82) is 0 Å². The fourth-order valence-corrected chi connectivity index (χ4v) is 6.36. The van der Waals surface area contributed by atoms with Crippen molar-refractivity contribution in [2.45, 2.75) is 25.3 Å². The van der Waals surface area contributed by atoms with E-state index in [0.29, 0.717) is 29.1 Å². The van der Waals surface area contributed by atoms with Crippen molar-refractivity contribution in [2.75, 3.05) is 23.7 Å². The van der Waals surface area contributed by atoms with Gasteiger partial charge >= 0.3 is 0 Å². The number of amidine groups is 1. The molecule has 1 amide bonds. The van der Waals surface area contributed by atoms with Crippen LogP contribution in [0.25, 0.3) is 0 Å². The highest BCUT2D eigenvalue weighted by atomic mass is 32.2. The van der Waals surface area contributed by atoms with Crippen LogP contribution < -0.4 is 10.2 Å². The monoisotopic (exact) mass is 463 g/mol. The predicted octanol–water partition coefficient (Wildman–Crippen LogP) is 4.53. The molecule has 4 heterocycles. The Balaban J connectivity index is 1.47. The Bertz CT molecular complexity index is 1130. The van der Waals surface area contributed by atoms with Crippen molar-refractivity contribution < 1.29 is 4.79 Å². The highest BCUT2D eigenvalue weighted by Crippen LogP contribution is 2.47. The molecule has 5 rings (SSSR count). The van der Waals surface area contributed by atoms with Crippen molar-refractivity contribution >= 4 is 40.1 Å². The Morgan fingerprint density at radius 1 is 1.19 bits per heavy atom. The third-order valence-electron chi connectivity index (χ3n) is 6.01. The van der Waals surface area contributed by atoms with Gasteiger partial charge in [0.1, 0.15) is 5.54 Å². The van der Waals surface area contributed by atoms with E-state index in [4.69, 9.17) is 9.98 Å². The number of hydrogen-bond donors (Lipinski definition) is 1. The Morgan fingerprint density at radius 3 is 2.78 bits per heavy atom. The van der Waals surface area contributed by atoms with Crippen molar-refractivity contribution in [1.82, 2.24) is 15.3 Å². The van der Waals surface area contributed by atoms with Crippen LogP contribution >= 0.6 is 23.1 Å². The standard InChI is InChI=1S/C24H25N5OS2/c1-16(2)19-10-11-25-22(26-19)29-13-18-14-32-23(27-21(30)17-7-4-3-5-8-17)28-24(18,15-29)20-9-6-12-31-20/h3-12,16,18H,13-15H2,1-2H3,(H,27,28,30)/t18-,24-/m0/s1. The summed E-state index contributed by atoms with van der Waals surface area (Å²) in [5.74, 6) is 2.18. The molecule has 0 radical (unpaired) electrons. The Labute approximate surface area is 196 Å². The number of benzene rings is 1. The maximum absolute atomic E-state index is 12.7. The zero-order chi connectivity index (χ0) is 22.1. The van der Waals surface area contributed by atoms with Gasteiger partial charge in [0.15, 0.2) is 5.17 Å². The van der Waals surface area contributed by atoms with Crippen LogP contribution in [-0.2, 0) is 5.54 Å². The number of carbonyl (C=O) groups excluding carboxylic acids is 1. The molecule has 1 fully saturated rings. The summed E-state index contributed by atoms with van der Waals surface area (Å²) in [4.78, 5) is 30.8. The van der Waals surface area contributed by atoms with Gasteiger partial charge in [-0.3, -0.25) is 4.79 Å². The number of amides is 1. The first kappa shape index (κ1) is 21.2. The molecule has 0 bridgehead atoms. The molecule has 1 saturated heterocycles. The van der Waals surface area contributed by atoms with Gasteiger partial charge in [-0.25, -0.2) is 15.0 Å². The largest absolute Gasteiger partial charge is 0.338 e. The summed E-state index contributed by atoms with van der Waals surface area (Å²) in [5, 5.41) is 5.82. The van der Waals surface area contributed by atoms with E-state index >= 15 is 0 Å². The molecule has 32 heavy (non-hydrogen) atoms. The zero-order valence-corrected chi connectivity index (χ0v) is 19.7. The number of thiophene rings is 1. The molecule has 2 aliphatic heterocycles. The number of rotatable bonds is 4. The van der Waals surface area contributed by atoms with Crippen LogP contribution in [0, 0.1) is 5.92 Å². The lowest BCUT2D eigenvalue weighted by atomic mass is 9.87. The summed E-state index contributed by atoms with van der Waals surface area (Å²) < 4.78 is 0. The predicted molar refractivity (Wildman–Crippen MR) is 132 cm³/mol. The number of thioether (sulfide) groups is 1. The number of carbonyl (C=O) groups is 1. The number of aromatic nitrogens is 2. The number of aliphatic imine (C=N–C) groups is 1. The number of fused-ring (bicyclic) bond motifs is 1. The highest BCUT2D eigenvalue weighted by molar-refractivity contribution is 8.13. The van der Waals surface area contributed by atoms with Gasteiger partial charge in [0.05, 0.1) is 6.54 Å². The average molecular weight is 464 g/mol. The number of nitrogens with one attached hydrogen (secondary N) is 1. The minimum Gasteiger partial charge on any atom is -0.338 e. The van der Waals surface area contributed by atoms with Gasteiger partial charge in [-0.2, -0.15) is 0 Å². The second-order valence-corrected chi connectivity index (χ2v) is 10.4. The topological polar surface area (TPSA) is 70.5 Å². The van der Waals surface area contributed by atoms with E-state index in [1.54, 1.807) is 23.1 Å². The van der Waals surface area contributed by atoms with Gasteiger partial charge < -0.3 is 10.2 Å². The molecule has 0 unspecified atom stereocenters. The highest BCUT2D eigenvalue weighted by Gasteiger charge is 2.51. The summed E-state index contributed by atoms with van der Waals surface area (Å²) in [6.45, 7) is 5.83. The van der Waals surface area contributed by atoms with Gasteiger partial charge in [-0.15, -0.1) is 11.3 Å². The van der Waals surface area contributed by atoms with Crippen LogP contribution in [0.4, 0.5) is 5.95 Å². The fourth-order valence-electron chi connectivity index (χ4n) is 4.28. The van der Waals surface area contributed by atoms with E-state index in [1.807, 2.05) is 42.6 Å². The second-order valence-electron chi connectivity index (χ2n) is 8.46. The third kappa shape index (κ3) is 3.93. The maximum atomic E-state index is 12.7. The van der Waals surface area contributed by atoms with E-state index in [1.165, 1.54) is 4.88 Å². The van der Waals surface area contributed by atoms with Crippen LogP contribution in [0.1, 0.15) is 40.7 Å². The molecule has 2 aliphatic rings.